The van der Waals surface area contributed by atoms with Crippen LogP contribution in [0.2, 0.25) is 0 Å². The minimum Gasteiger partial charge on any atom is -0.383 e. The summed E-state index contributed by atoms with van der Waals surface area (Å²) in [6, 6.07) is 8.67. The number of hydrogen-bond donors (Lipinski definition) is 1. The molecule has 1 aliphatic rings. The first-order valence-electron chi connectivity index (χ1n) is 7.64. The molecular weight excluding hydrogens is 296 g/mol. The first-order valence-corrected chi connectivity index (χ1v) is 8.86. The number of fused-ring (bicyclic) bond motifs is 1. The van der Waals surface area contributed by atoms with Crippen LogP contribution in [0, 0.1) is 0 Å². The van der Waals surface area contributed by atoms with E-state index >= 15 is 0 Å². The molecule has 22 heavy (non-hydrogen) atoms. The number of ether oxygens (including phenoxy) is 1. The van der Waals surface area contributed by atoms with E-state index in [-0.39, 0.29) is 5.56 Å². The van der Waals surface area contributed by atoms with Gasteiger partial charge in [0.15, 0.2) is 0 Å². The Kier molecular flexibility index (Phi) is 4.86. The Morgan fingerprint density at radius 3 is 3.05 bits per heavy atom. The van der Waals surface area contributed by atoms with Gasteiger partial charge in [-0.2, -0.15) is 0 Å². The molecular formula is C17H22N2O2S. The zero-order valence-electron chi connectivity index (χ0n) is 13.1. The van der Waals surface area contributed by atoms with Crippen molar-refractivity contribution in [2.75, 3.05) is 26.5 Å². The normalized spacial score (nSPS) is 19.1. The molecule has 0 radical (unpaired) electrons. The topological polar surface area (TPSA) is 45.3 Å². The molecule has 118 valence electrons. The van der Waals surface area contributed by atoms with Crippen molar-refractivity contribution in [3.63, 3.8) is 0 Å². The van der Waals surface area contributed by atoms with Crippen molar-refractivity contribution in [3.05, 3.63) is 40.2 Å². The van der Waals surface area contributed by atoms with Gasteiger partial charge < -0.3 is 9.72 Å². The molecule has 1 N–H and O–H groups in total. The van der Waals surface area contributed by atoms with Crippen molar-refractivity contribution >= 4 is 22.7 Å². The van der Waals surface area contributed by atoms with E-state index in [2.05, 4.69) is 22.0 Å². The van der Waals surface area contributed by atoms with Crippen molar-refractivity contribution in [1.82, 2.24) is 9.88 Å². The van der Waals surface area contributed by atoms with Gasteiger partial charge in [-0.05, 0) is 49.2 Å². The molecule has 4 nitrogen and oxygen atoms in total. The Balaban J connectivity index is 1.87. The molecule has 1 atom stereocenters. The van der Waals surface area contributed by atoms with Crippen LogP contribution >= 0.6 is 11.8 Å². The number of rotatable bonds is 5. The quantitative estimate of drug-likeness (QED) is 0.861. The van der Waals surface area contributed by atoms with Crippen molar-refractivity contribution in [2.24, 2.45) is 0 Å². The smallest absolute Gasteiger partial charge is 0.252 e. The van der Waals surface area contributed by atoms with Gasteiger partial charge in [0.1, 0.15) is 0 Å². The van der Waals surface area contributed by atoms with Gasteiger partial charge in [-0.1, -0.05) is 6.07 Å². The van der Waals surface area contributed by atoms with Gasteiger partial charge in [-0.25, -0.2) is 0 Å². The van der Waals surface area contributed by atoms with E-state index in [9.17, 15) is 4.79 Å². The molecule has 1 aliphatic heterocycles. The molecule has 1 fully saturated rings. The first-order chi connectivity index (χ1) is 10.7. The van der Waals surface area contributed by atoms with Crippen LogP contribution in [0.5, 0.6) is 0 Å². The average molecular weight is 318 g/mol. The highest BCUT2D eigenvalue weighted by molar-refractivity contribution is 7.98. The number of H-pyrrole nitrogens is 1. The number of likely N-dealkylation sites (tertiary alicyclic amines) is 1. The fraction of sp³-hybridized carbons (Fsp3) is 0.471. The fourth-order valence-corrected chi connectivity index (χ4v) is 3.61. The number of methoxy groups -OCH3 is 1. The largest absolute Gasteiger partial charge is 0.383 e. The molecule has 0 amide bonds. The third kappa shape index (κ3) is 3.21. The third-order valence-corrected chi connectivity index (χ3v) is 5.09. The molecule has 0 bridgehead atoms. The molecule has 2 aromatic rings. The van der Waals surface area contributed by atoms with E-state index < -0.39 is 0 Å². The lowest BCUT2D eigenvalue weighted by atomic mass is 10.1. The highest BCUT2D eigenvalue weighted by Gasteiger charge is 2.25. The maximum Gasteiger partial charge on any atom is 0.252 e. The second kappa shape index (κ2) is 6.86. The third-order valence-electron chi connectivity index (χ3n) is 4.36. The number of nitrogens with one attached hydrogen (secondary N) is 1. The molecule has 1 aromatic carbocycles. The summed E-state index contributed by atoms with van der Waals surface area (Å²) in [6.45, 7) is 2.48. The van der Waals surface area contributed by atoms with Gasteiger partial charge in [0.2, 0.25) is 0 Å². The summed E-state index contributed by atoms with van der Waals surface area (Å²) in [4.78, 5) is 18.9. The Morgan fingerprint density at radius 1 is 1.41 bits per heavy atom. The first kappa shape index (κ1) is 15.6. The van der Waals surface area contributed by atoms with E-state index in [0.717, 1.165) is 40.9 Å². The highest BCUT2D eigenvalue weighted by atomic mass is 32.2. The van der Waals surface area contributed by atoms with Gasteiger partial charge >= 0.3 is 0 Å². The van der Waals surface area contributed by atoms with E-state index in [4.69, 9.17) is 4.74 Å². The summed E-state index contributed by atoms with van der Waals surface area (Å²) in [7, 11) is 1.74. The highest BCUT2D eigenvalue weighted by Crippen LogP contribution is 2.22. The molecule has 5 heteroatoms. The molecule has 0 spiro atoms. The number of thioether (sulfide) groups is 1. The molecule has 1 saturated heterocycles. The molecule has 0 aliphatic carbocycles. The predicted octanol–water partition coefficient (Wildman–Crippen LogP) is 2.86. The average Bonchev–Trinajstić information content (AvgIpc) is 2.95. The number of benzene rings is 1. The van der Waals surface area contributed by atoms with Crippen LogP contribution in [0.3, 0.4) is 0 Å². The van der Waals surface area contributed by atoms with Crippen LogP contribution in [0.15, 0.2) is 34.0 Å². The zero-order chi connectivity index (χ0) is 15.5. The van der Waals surface area contributed by atoms with Gasteiger partial charge in [0, 0.05) is 35.7 Å². The van der Waals surface area contributed by atoms with Crippen molar-refractivity contribution in [1.29, 1.82) is 0 Å². The van der Waals surface area contributed by atoms with Crippen LogP contribution in [0.25, 0.3) is 10.9 Å². The second-order valence-electron chi connectivity index (χ2n) is 5.80. The van der Waals surface area contributed by atoms with E-state index in [1.807, 2.05) is 18.4 Å². The van der Waals surface area contributed by atoms with Crippen LogP contribution < -0.4 is 5.56 Å². The molecule has 0 unspecified atom stereocenters. The minimum atomic E-state index is 0.0221. The summed E-state index contributed by atoms with van der Waals surface area (Å²) >= 11 is 1.68. The Bertz CT molecular complexity index is 713. The Hall–Kier alpha value is -1.30. The maximum atomic E-state index is 12.4. The van der Waals surface area contributed by atoms with E-state index in [0.29, 0.717) is 12.6 Å². The van der Waals surface area contributed by atoms with Gasteiger partial charge in [-0.3, -0.25) is 9.69 Å². The van der Waals surface area contributed by atoms with E-state index in [1.54, 1.807) is 18.9 Å². The van der Waals surface area contributed by atoms with E-state index in [1.165, 1.54) is 6.42 Å². The van der Waals surface area contributed by atoms with Crippen molar-refractivity contribution < 1.29 is 4.74 Å². The summed E-state index contributed by atoms with van der Waals surface area (Å²) in [5.74, 6) is 0. The minimum absolute atomic E-state index is 0.0221. The lowest BCUT2D eigenvalue weighted by Gasteiger charge is -2.23. The summed E-state index contributed by atoms with van der Waals surface area (Å²) < 4.78 is 5.29. The van der Waals surface area contributed by atoms with Crippen LogP contribution in [-0.2, 0) is 11.3 Å². The Labute approximate surface area is 134 Å². The fourth-order valence-electron chi connectivity index (χ4n) is 3.17. The Morgan fingerprint density at radius 2 is 2.27 bits per heavy atom. The van der Waals surface area contributed by atoms with Crippen LogP contribution in [0.1, 0.15) is 18.4 Å². The molecule has 2 heterocycles. The molecule has 1 aromatic heterocycles. The van der Waals surface area contributed by atoms with Crippen molar-refractivity contribution in [3.8, 4) is 0 Å². The van der Waals surface area contributed by atoms with Gasteiger partial charge in [0.05, 0.1) is 6.61 Å². The molecule has 0 saturated carbocycles. The summed E-state index contributed by atoms with van der Waals surface area (Å²) in [5, 5.41) is 1.09. The number of aromatic amines is 1. The number of pyridine rings is 1. The van der Waals surface area contributed by atoms with Gasteiger partial charge in [-0.15, -0.1) is 11.8 Å². The number of hydrogen-bond acceptors (Lipinski definition) is 4. The zero-order valence-corrected chi connectivity index (χ0v) is 13.9. The summed E-state index contributed by atoms with van der Waals surface area (Å²) in [5.41, 5.74) is 1.77. The number of aromatic nitrogens is 1. The van der Waals surface area contributed by atoms with Crippen LogP contribution in [-0.4, -0.2) is 42.4 Å². The lowest BCUT2D eigenvalue weighted by molar-refractivity contribution is 0.111. The predicted molar refractivity (Wildman–Crippen MR) is 91.7 cm³/mol. The van der Waals surface area contributed by atoms with Crippen LogP contribution in [0.4, 0.5) is 0 Å². The monoisotopic (exact) mass is 318 g/mol. The maximum absolute atomic E-state index is 12.4. The number of nitrogens with zero attached hydrogens (tertiary/aromatic N) is 1. The summed E-state index contributed by atoms with van der Waals surface area (Å²) in [6.07, 6.45) is 4.37. The standard InChI is InChI=1S/C17H22N2O2S/c1-21-11-14-4-3-7-19(14)10-13-8-12-5-6-15(22-2)9-16(12)18-17(13)20/h5-6,8-9,14H,3-4,7,10-11H2,1-2H3,(H,18,20)/t14-/m0/s1. The van der Waals surface area contributed by atoms with Gasteiger partial charge in [0.25, 0.3) is 5.56 Å². The van der Waals surface area contributed by atoms with Crippen molar-refractivity contribution in [2.45, 2.75) is 30.3 Å². The SMILES string of the molecule is COC[C@@H]1CCCN1Cc1cc2ccc(SC)cc2[nH]c1=O. The lowest BCUT2D eigenvalue weighted by Crippen LogP contribution is -2.34. The second-order valence-corrected chi connectivity index (χ2v) is 6.68. The molecule has 3 rings (SSSR count).